The molecule has 0 saturated carbocycles. The molecule has 1 saturated heterocycles. The lowest BCUT2D eigenvalue weighted by molar-refractivity contribution is -0.150. The first-order valence-electron chi connectivity index (χ1n) is 5.72. The molecule has 5 nitrogen and oxygen atoms in total. The maximum atomic E-state index is 13.5. The fraction of sp³-hybridized carbons (Fsp3) is 0.333. The molecule has 1 fully saturated rings. The van der Waals surface area contributed by atoms with E-state index in [4.69, 9.17) is 9.84 Å². The highest BCUT2D eigenvalue weighted by molar-refractivity contribution is 9.10. The van der Waals surface area contributed by atoms with Gasteiger partial charge in [0, 0.05) is 6.07 Å². The number of hydrogen-bond donors (Lipinski definition) is 2. The van der Waals surface area contributed by atoms with E-state index in [0.717, 1.165) is 12.1 Å². The van der Waals surface area contributed by atoms with E-state index in [0.29, 0.717) is 0 Å². The number of rotatable bonds is 3. The van der Waals surface area contributed by atoms with Crippen LogP contribution in [0.15, 0.2) is 16.6 Å². The number of halogens is 3. The summed E-state index contributed by atoms with van der Waals surface area (Å²) < 4.78 is 31.8. The molecule has 1 heterocycles. The van der Waals surface area contributed by atoms with Crippen molar-refractivity contribution in [3.8, 4) is 0 Å². The molecule has 8 heteroatoms. The van der Waals surface area contributed by atoms with Gasteiger partial charge in [-0.25, -0.2) is 13.6 Å². The molecule has 2 rings (SSSR count). The average molecular weight is 350 g/mol. The molecule has 20 heavy (non-hydrogen) atoms. The standard InChI is InChI=1S/C12H10BrF2NO4/c13-5-3-7(15)8(4-6(5)14)16-11(17)9-1-2-10(20-9)12(18)19/h3-4,9-10H,1-2H2,(H,16,17)(H,18,19)/t9-,10+/m0/s1. The number of amides is 1. The fourth-order valence-corrected chi connectivity index (χ4v) is 2.16. The first-order valence-corrected chi connectivity index (χ1v) is 6.51. The predicted octanol–water partition coefficient (Wildman–Crippen LogP) is 2.30. The Kier molecular flexibility index (Phi) is 4.34. The summed E-state index contributed by atoms with van der Waals surface area (Å²) in [5.74, 6) is -3.38. The Bertz CT molecular complexity index is 567. The summed E-state index contributed by atoms with van der Waals surface area (Å²) in [5, 5.41) is 10.9. The molecule has 0 spiro atoms. The molecule has 0 bridgehead atoms. The lowest BCUT2D eigenvalue weighted by Crippen LogP contribution is -2.30. The summed E-state index contributed by atoms with van der Waals surface area (Å²) in [7, 11) is 0. The number of hydrogen-bond acceptors (Lipinski definition) is 3. The normalized spacial score (nSPS) is 21.8. The molecule has 1 aromatic carbocycles. The van der Waals surface area contributed by atoms with Crippen molar-refractivity contribution >= 4 is 33.5 Å². The SMILES string of the molecule is O=C(Nc1cc(F)c(Br)cc1F)[C@@H]1CC[C@H](C(=O)O)O1. The van der Waals surface area contributed by atoms with Gasteiger partial charge in [-0.15, -0.1) is 0 Å². The van der Waals surface area contributed by atoms with E-state index in [1.165, 1.54) is 0 Å². The third-order valence-electron chi connectivity index (χ3n) is 2.86. The molecule has 108 valence electrons. The van der Waals surface area contributed by atoms with Gasteiger partial charge < -0.3 is 15.2 Å². The lowest BCUT2D eigenvalue weighted by atomic mass is 10.2. The van der Waals surface area contributed by atoms with Gasteiger partial charge in [0.05, 0.1) is 10.2 Å². The molecule has 2 atom stereocenters. The first-order chi connectivity index (χ1) is 9.38. The number of carbonyl (C=O) groups excluding carboxylic acids is 1. The van der Waals surface area contributed by atoms with Crippen LogP contribution >= 0.6 is 15.9 Å². The van der Waals surface area contributed by atoms with Crippen molar-refractivity contribution in [3.63, 3.8) is 0 Å². The Labute approximate surface area is 121 Å². The molecule has 1 aliphatic rings. The summed E-state index contributed by atoms with van der Waals surface area (Å²) >= 11 is 2.82. The molecule has 1 aromatic rings. The summed E-state index contributed by atoms with van der Waals surface area (Å²) in [4.78, 5) is 22.5. The van der Waals surface area contributed by atoms with Crippen LogP contribution in [0, 0.1) is 11.6 Å². The summed E-state index contributed by atoms with van der Waals surface area (Å²) in [6.45, 7) is 0. The molecule has 0 unspecified atom stereocenters. The Balaban J connectivity index is 2.06. The van der Waals surface area contributed by atoms with Gasteiger partial charge in [-0.1, -0.05) is 0 Å². The number of carbonyl (C=O) groups is 2. The smallest absolute Gasteiger partial charge is 0.332 e. The van der Waals surface area contributed by atoms with Crippen LogP contribution in [0.2, 0.25) is 0 Å². The largest absolute Gasteiger partial charge is 0.479 e. The van der Waals surface area contributed by atoms with Gasteiger partial charge in [0.25, 0.3) is 5.91 Å². The highest BCUT2D eigenvalue weighted by Gasteiger charge is 2.35. The van der Waals surface area contributed by atoms with Crippen LogP contribution in [-0.2, 0) is 14.3 Å². The Hall–Kier alpha value is -1.54. The molecular weight excluding hydrogens is 340 g/mol. The van der Waals surface area contributed by atoms with E-state index >= 15 is 0 Å². The van der Waals surface area contributed by atoms with Crippen molar-refractivity contribution in [3.05, 3.63) is 28.2 Å². The summed E-state index contributed by atoms with van der Waals surface area (Å²) in [6.07, 6.45) is -1.62. The number of aliphatic carboxylic acids is 1. The second-order valence-corrected chi connectivity index (χ2v) is 5.12. The topological polar surface area (TPSA) is 75.6 Å². The van der Waals surface area contributed by atoms with Gasteiger partial charge in [-0.05, 0) is 34.8 Å². The van der Waals surface area contributed by atoms with E-state index in [-0.39, 0.29) is 23.0 Å². The number of anilines is 1. The van der Waals surface area contributed by atoms with E-state index in [1.807, 2.05) is 0 Å². The highest BCUT2D eigenvalue weighted by atomic mass is 79.9. The fourth-order valence-electron chi connectivity index (χ4n) is 1.84. The van der Waals surface area contributed by atoms with Crippen LogP contribution in [-0.4, -0.2) is 29.2 Å². The molecule has 0 radical (unpaired) electrons. The van der Waals surface area contributed by atoms with Crippen LogP contribution in [0.1, 0.15) is 12.8 Å². The third-order valence-corrected chi connectivity index (χ3v) is 3.46. The second-order valence-electron chi connectivity index (χ2n) is 4.26. The zero-order valence-corrected chi connectivity index (χ0v) is 11.6. The van der Waals surface area contributed by atoms with Crippen LogP contribution in [0.4, 0.5) is 14.5 Å². The van der Waals surface area contributed by atoms with E-state index in [1.54, 1.807) is 0 Å². The van der Waals surface area contributed by atoms with Crippen molar-refractivity contribution in [2.24, 2.45) is 0 Å². The average Bonchev–Trinajstić information content (AvgIpc) is 2.85. The van der Waals surface area contributed by atoms with E-state index < -0.39 is 35.7 Å². The van der Waals surface area contributed by atoms with Crippen LogP contribution in [0.5, 0.6) is 0 Å². The van der Waals surface area contributed by atoms with Crippen molar-refractivity contribution in [2.45, 2.75) is 25.0 Å². The minimum atomic E-state index is -1.15. The van der Waals surface area contributed by atoms with Gasteiger partial charge in [0.2, 0.25) is 0 Å². The zero-order valence-electron chi connectivity index (χ0n) is 10.0. The second kappa shape index (κ2) is 5.84. The third kappa shape index (κ3) is 3.13. The molecule has 2 N–H and O–H groups in total. The van der Waals surface area contributed by atoms with Crippen LogP contribution in [0.25, 0.3) is 0 Å². The van der Waals surface area contributed by atoms with Crippen molar-refractivity contribution in [2.75, 3.05) is 5.32 Å². The zero-order chi connectivity index (χ0) is 14.9. The maximum Gasteiger partial charge on any atom is 0.332 e. The van der Waals surface area contributed by atoms with Gasteiger partial charge in [-0.3, -0.25) is 4.79 Å². The predicted molar refractivity (Wildman–Crippen MR) is 68.2 cm³/mol. The number of benzene rings is 1. The summed E-state index contributed by atoms with van der Waals surface area (Å²) in [5.41, 5.74) is -0.321. The number of carboxylic acid groups (broad SMARTS) is 1. The maximum absolute atomic E-state index is 13.5. The van der Waals surface area contributed by atoms with Crippen molar-refractivity contribution in [1.29, 1.82) is 0 Å². The van der Waals surface area contributed by atoms with Crippen LogP contribution < -0.4 is 5.32 Å². The monoisotopic (exact) mass is 349 g/mol. The minimum absolute atomic E-state index is 0.0592. The van der Waals surface area contributed by atoms with E-state index in [9.17, 15) is 18.4 Å². The molecular formula is C12H10BrF2NO4. The van der Waals surface area contributed by atoms with Crippen molar-refractivity contribution < 1.29 is 28.2 Å². The van der Waals surface area contributed by atoms with Crippen molar-refractivity contribution in [1.82, 2.24) is 0 Å². The Morgan fingerprint density at radius 2 is 1.90 bits per heavy atom. The quantitative estimate of drug-likeness (QED) is 0.821. The van der Waals surface area contributed by atoms with Gasteiger partial charge in [0.15, 0.2) is 6.10 Å². The molecule has 0 aromatic heterocycles. The van der Waals surface area contributed by atoms with Gasteiger partial charge in [0.1, 0.15) is 17.7 Å². The minimum Gasteiger partial charge on any atom is -0.479 e. The van der Waals surface area contributed by atoms with Gasteiger partial charge >= 0.3 is 5.97 Å². The Morgan fingerprint density at radius 1 is 1.25 bits per heavy atom. The first kappa shape index (κ1) is 14.9. The number of nitrogens with one attached hydrogen (secondary N) is 1. The van der Waals surface area contributed by atoms with Crippen LogP contribution in [0.3, 0.4) is 0 Å². The van der Waals surface area contributed by atoms with Gasteiger partial charge in [-0.2, -0.15) is 0 Å². The lowest BCUT2D eigenvalue weighted by Gasteiger charge is -2.12. The molecule has 1 amide bonds. The number of carboxylic acids is 1. The molecule has 1 aliphatic heterocycles. The Morgan fingerprint density at radius 3 is 2.50 bits per heavy atom. The number of ether oxygens (including phenoxy) is 1. The summed E-state index contributed by atoms with van der Waals surface area (Å²) in [6, 6.07) is 1.72. The molecule has 0 aliphatic carbocycles. The van der Waals surface area contributed by atoms with E-state index in [2.05, 4.69) is 21.2 Å². The highest BCUT2D eigenvalue weighted by Crippen LogP contribution is 2.25.